The predicted octanol–water partition coefficient (Wildman–Crippen LogP) is 1.74. The second-order valence-corrected chi connectivity index (χ2v) is 4.70. The van der Waals surface area contributed by atoms with Crippen LogP contribution < -0.4 is 10.1 Å². The standard InChI is InChI=1S/C14H15N3O3/c1-19-11-5-3-2-4-10(11)13-16-14(20-17-13)9-6-7-15-12(18)8-9/h2-5,9H,6-8H2,1H3,(H,15,18). The molecule has 2 heterocycles. The third kappa shape index (κ3) is 2.36. The van der Waals surface area contributed by atoms with Gasteiger partial charge in [0.05, 0.1) is 12.7 Å². The van der Waals surface area contributed by atoms with E-state index in [0.29, 0.717) is 30.4 Å². The van der Waals surface area contributed by atoms with E-state index >= 15 is 0 Å². The van der Waals surface area contributed by atoms with Crippen LogP contribution in [-0.2, 0) is 4.79 Å². The Kier molecular flexibility index (Phi) is 3.37. The summed E-state index contributed by atoms with van der Waals surface area (Å²) in [6.45, 7) is 0.649. The van der Waals surface area contributed by atoms with E-state index in [1.54, 1.807) is 7.11 Å². The topological polar surface area (TPSA) is 77.3 Å². The molecule has 20 heavy (non-hydrogen) atoms. The summed E-state index contributed by atoms with van der Waals surface area (Å²) < 4.78 is 10.6. The number of amides is 1. The van der Waals surface area contributed by atoms with Crippen molar-refractivity contribution in [2.45, 2.75) is 18.8 Å². The van der Waals surface area contributed by atoms with Gasteiger partial charge in [-0.1, -0.05) is 17.3 Å². The largest absolute Gasteiger partial charge is 0.496 e. The fraction of sp³-hybridized carbons (Fsp3) is 0.357. The predicted molar refractivity (Wildman–Crippen MR) is 71.3 cm³/mol. The Balaban J connectivity index is 1.88. The summed E-state index contributed by atoms with van der Waals surface area (Å²) in [6, 6.07) is 7.50. The molecule has 0 saturated carbocycles. The average molecular weight is 273 g/mol. The van der Waals surface area contributed by atoms with Crippen molar-refractivity contribution in [2.24, 2.45) is 0 Å². The molecule has 2 aromatic rings. The van der Waals surface area contributed by atoms with Gasteiger partial charge in [0.25, 0.3) is 0 Å². The first-order chi connectivity index (χ1) is 9.78. The van der Waals surface area contributed by atoms with Crippen LogP contribution in [0.15, 0.2) is 28.8 Å². The minimum atomic E-state index is -0.000271. The quantitative estimate of drug-likeness (QED) is 0.921. The van der Waals surface area contributed by atoms with Crippen LogP contribution in [-0.4, -0.2) is 29.7 Å². The summed E-state index contributed by atoms with van der Waals surface area (Å²) in [5, 5.41) is 6.79. The molecule has 6 nitrogen and oxygen atoms in total. The molecule has 6 heteroatoms. The number of hydrogen-bond donors (Lipinski definition) is 1. The van der Waals surface area contributed by atoms with Crippen LogP contribution in [0.5, 0.6) is 5.75 Å². The van der Waals surface area contributed by atoms with E-state index in [1.165, 1.54) is 0 Å². The average Bonchev–Trinajstić information content (AvgIpc) is 2.97. The second kappa shape index (κ2) is 5.32. The number of aromatic nitrogens is 2. The highest BCUT2D eigenvalue weighted by molar-refractivity contribution is 5.77. The fourth-order valence-corrected chi connectivity index (χ4v) is 2.33. The number of rotatable bonds is 3. The maximum atomic E-state index is 11.4. The monoisotopic (exact) mass is 273 g/mol. The van der Waals surface area contributed by atoms with Crippen LogP contribution >= 0.6 is 0 Å². The Hall–Kier alpha value is -2.37. The molecule has 0 aliphatic carbocycles. The van der Waals surface area contributed by atoms with Crippen LogP contribution in [0, 0.1) is 0 Å². The zero-order valence-corrected chi connectivity index (χ0v) is 11.1. The molecular weight excluding hydrogens is 258 g/mol. The number of carbonyl (C=O) groups is 1. The highest BCUT2D eigenvalue weighted by atomic mass is 16.5. The molecule has 0 radical (unpaired) electrons. The normalized spacial score (nSPS) is 18.6. The van der Waals surface area contributed by atoms with E-state index in [1.807, 2.05) is 24.3 Å². The highest BCUT2D eigenvalue weighted by Gasteiger charge is 2.26. The maximum Gasteiger partial charge on any atom is 0.230 e. The van der Waals surface area contributed by atoms with E-state index < -0.39 is 0 Å². The number of nitrogens with zero attached hydrogens (tertiary/aromatic N) is 2. The Labute approximate surface area is 116 Å². The summed E-state index contributed by atoms with van der Waals surface area (Å²) >= 11 is 0. The number of benzene rings is 1. The van der Waals surface area contributed by atoms with Gasteiger partial charge in [-0.25, -0.2) is 0 Å². The SMILES string of the molecule is COc1ccccc1-c1noc(C2CCNC(=O)C2)n1. The number of ether oxygens (including phenoxy) is 1. The van der Waals surface area contributed by atoms with Crippen LogP contribution in [0.25, 0.3) is 11.4 Å². The van der Waals surface area contributed by atoms with Crippen molar-refractivity contribution < 1.29 is 14.1 Å². The van der Waals surface area contributed by atoms with Gasteiger partial charge in [-0.3, -0.25) is 4.79 Å². The van der Waals surface area contributed by atoms with Crippen LogP contribution in [0.4, 0.5) is 0 Å². The molecule has 1 aliphatic heterocycles. The third-order valence-corrected chi connectivity index (χ3v) is 3.39. The number of nitrogens with one attached hydrogen (secondary N) is 1. The van der Waals surface area contributed by atoms with Crippen molar-refractivity contribution in [3.8, 4) is 17.1 Å². The minimum Gasteiger partial charge on any atom is -0.496 e. The number of para-hydroxylation sites is 1. The van der Waals surface area contributed by atoms with E-state index in [0.717, 1.165) is 12.0 Å². The molecule has 1 aromatic carbocycles. The van der Waals surface area contributed by atoms with Gasteiger partial charge in [0.15, 0.2) is 0 Å². The first-order valence-electron chi connectivity index (χ1n) is 6.51. The van der Waals surface area contributed by atoms with Crippen LogP contribution in [0.3, 0.4) is 0 Å². The molecule has 1 amide bonds. The first kappa shape index (κ1) is 12.7. The fourth-order valence-electron chi connectivity index (χ4n) is 2.33. The van der Waals surface area contributed by atoms with Crippen molar-refractivity contribution in [3.63, 3.8) is 0 Å². The number of carbonyl (C=O) groups excluding carboxylic acids is 1. The lowest BCUT2D eigenvalue weighted by atomic mass is 9.98. The molecule has 104 valence electrons. The summed E-state index contributed by atoms with van der Waals surface area (Å²) in [5.41, 5.74) is 0.783. The van der Waals surface area contributed by atoms with Gasteiger partial charge in [-0.2, -0.15) is 4.98 Å². The van der Waals surface area contributed by atoms with Crippen molar-refractivity contribution in [2.75, 3.05) is 13.7 Å². The molecule has 1 atom stereocenters. The summed E-state index contributed by atoms with van der Waals surface area (Å²) in [5.74, 6) is 1.73. The highest BCUT2D eigenvalue weighted by Crippen LogP contribution is 2.30. The lowest BCUT2D eigenvalue weighted by Gasteiger charge is -2.18. The second-order valence-electron chi connectivity index (χ2n) is 4.70. The summed E-state index contributed by atoms with van der Waals surface area (Å²) in [6.07, 6.45) is 1.22. The number of hydrogen-bond acceptors (Lipinski definition) is 5. The van der Waals surface area contributed by atoms with E-state index in [2.05, 4.69) is 15.5 Å². The molecule has 0 bridgehead atoms. The van der Waals surface area contributed by atoms with Crippen LogP contribution in [0.1, 0.15) is 24.7 Å². The van der Waals surface area contributed by atoms with Gasteiger partial charge >= 0.3 is 0 Å². The lowest BCUT2D eigenvalue weighted by molar-refractivity contribution is -0.122. The van der Waals surface area contributed by atoms with Crippen LogP contribution in [0.2, 0.25) is 0 Å². The zero-order chi connectivity index (χ0) is 13.9. The molecule has 3 rings (SSSR count). The molecule has 1 aromatic heterocycles. The third-order valence-electron chi connectivity index (χ3n) is 3.39. The molecular formula is C14H15N3O3. The van der Waals surface area contributed by atoms with Gasteiger partial charge < -0.3 is 14.6 Å². The Morgan fingerprint density at radius 3 is 3.05 bits per heavy atom. The Morgan fingerprint density at radius 2 is 2.25 bits per heavy atom. The Bertz CT molecular complexity index is 624. The van der Waals surface area contributed by atoms with Gasteiger partial charge in [0.1, 0.15) is 5.75 Å². The smallest absolute Gasteiger partial charge is 0.230 e. The molecule has 1 fully saturated rings. The number of methoxy groups -OCH3 is 1. The van der Waals surface area contributed by atoms with E-state index in [-0.39, 0.29) is 11.8 Å². The summed E-state index contributed by atoms with van der Waals surface area (Å²) in [7, 11) is 1.60. The van der Waals surface area contributed by atoms with Crippen molar-refractivity contribution in [3.05, 3.63) is 30.2 Å². The Morgan fingerprint density at radius 1 is 1.40 bits per heavy atom. The molecule has 0 spiro atoms. The van der Waals surface area contributed by atoms with Crippen molar-refractivity contribution >= 4 is 5.91 Å². The minimum absolute atomic E-state index is 0.000271. The first-order valence-corrected chi connectivity index (χ1v) is 6.51. The molecule has 1 saturated heterocycles. The van der Waals surface area contributed by atoms with E-state index in [9.17, 15) is 4.79 Å². The van der Waals surface area contributed by atoms with Gasteiger partial charge in [-0.15, -0.1) is 0 Å². The summed E-state index contributed by atoms with van der Waals surface area (Å²) in [4.78, 5) is 15.8. The number of piperidine rings is 1. The van der Waals surface area contributed by atoms with E-state index in [4.69, 9.17) is 9.26 Å². The van der Waals surface area contributed by atoms with Crippen molar-refractivity contribution in [1.29, 1.82) is 0 Å². The van der Waals surface area contributed by atoms with Gasteiger partial charge in [-0.05, 0) is 18.6 Å². The van der Waals surface area contributed by atoms with Crippen molar-refractivity contribution in [1.82, 2.24) is 15.5 Å². The lowest BCUT2D eigenvalue weighted by Crippen LogP contribution is -2.32. The molecule has 1 unspecified atom stereocenters. The maximum absolute atomic E-state index is 11.4. The van der Waals surface area contributed by atoms with Gasteiger partial charge in [0.2, 0.25) is 17.6 Å². The van der Waals surface area contributed by atoms with Gasteiger partial charge in [0, 0.05) is 18.9 Å². The molecule has 1 N–H and O–H groups in total. The molecule has 1 aliphatic rings. The zero-order valence-electron chi connectivity index (χ0n) is 11.1.